The van der Waals surface area contributed by atoms with Crippen molar-refractivity contribution in [2.45, 2.75) is 32.4 Å². The Kier molecular flexibility index (Phi) is 6.39. The van der Waals surface area contributed by atoms with Crippen molar-refractivity contribution in [3.05, 3.63) is 39.4 Å². The SMILES string of the molecule is Cc1c(CN(C)C2CCNCC2)cccc1[N+](=O)[O-].Cl. The van der Waals surface area contributed by atoms with Gasteiger partial charge in [0.1, 0.15) is 0 Å². The van der Waals surface area contributed by atoms with Crippen molar-refractivity contribution in [1.82, 2.24) is 10.2 Å². The molecule has 6 heteroatoms. The molecular formula is C14H22ClN3O2. The van der Waals surface area contributed by atoms with Crippen LogP contribution in [0.3, 0.4) is 0 Å². The van der Waals surface area contributed by atoms with Crippen LogP contribution in [0.2, 0.25) is 0 Å². The van der Waals surface area contributed by atoms with E-state index in [0.717, 1.165) is 43.6 Å². The number of piperidine rings is 1. The van der Waals surface area contributed by atoms with Gasteiger partial charge in [0.05, 0.1) is 4.92 Å². The summed E-state index contributed by atoms with van der Waals surface area (Å²) in [5.41, 5.74) is 2.06. The van der Waals surface area contributed by atoms with Crippen molar-refractivity contribution in [2.24, 2.45) is 0 Å². The Labute approximate surface area is 125 Å². The molecule has 1 saturated heterocycles. The summed E-state index contributed by atoms with van der Waals surface area (Å²) in [5.74, 6) is 0. The third kappa shape index (κ3) is 3.91. The normalized spacial score (nSPS) is 15.9. The van der Waals surface area contributed by atoms with Crippen LogP contribution in [0, 0.1) is 17.0 Å². The molecule has 0 atom stereocenters. The second kappa shape index (κ2) is 7.57. The van der Waals surface area contributed by atoms with Gasteiger partial charge in [0.2, 0.25) is 0 Å². The first kappa shape index (κ1) is 16.9. The highest BCUT2D eigenvalue weighted by Crippen LogP contribution is 2.23. The predicted octanol–water partition coefficient (Wildman–Crippen LogP) is 2.51. The van der Waals surface area contributed by atoms with Gasteiger partial charge in [-0.2, -0.15) is 0 Å². The van der Waals surface area contributed by atoms with E-state index in [0.29, 0.717) is 6.04 Å². The van der Waals surface area contributed by atoms with E-state index >= 15 is 0 Å². The number of halogens is 1. The zero-order valence-corrected chi connectivity index (χ0v) is 12.8. The van der Waals surface area contributed by atoms with Crippen molar-refractivity contribution in [3.63, 3.8) is 0 Å². The lowest BCUT2D eigenvalue weighted by Crippen LogP contribution is -2.40. The van der Waals surface area contributed by atoms with Crippen LogP contribution in [0.15, 0.2) is 18.2 Å². The average molecular weight is 300 g/mol. The van der Waals surface area contributed by atoms with Crippen molar-refractivity contribution in [3.8, 4) is 0 Å². The fourth-order valence-corrected chi connectivity index (χ4v) is 2.68. The zero-order valence-electron chi connectivity index (χ0n) is 12.0. The van der Waals surface area contributed by atoms with Gasteiger partial charge in [-0.25, -0.2) is 0 Å². The van der Waals surface area contributed by atoms with E-state index in [4.69, 9.17) is 0 Å². The minimum absolute atomic E-state index is 0. The van der Waals surface area contributed by atoms with Crippen LogP contribution in [-0.2, 0) is 6.54 Å². The Bertz CT molecular complexity index is 462. The van der Waals surface area contributed by atoms with Crippen molar-refractivity contribution in [2.75, 3.05) is 20.1 Å². The minimum Gasteiger partial charge on any atom is -0.317 e. The highest BCUT2D eigenvalue weighted by molar-refractivity contribution is 5.85. The first-order chi connectivity index (χ1) is 9.09. The summed E-state index contributed by atoms with van der Waals surface area (Å²) in [6.45, 7) is 4.73. The van der Waals surface area contributed by atoms with E-state index in [2.05, 4.69) is 17.3 Å². The number of nitro groups is 1. The third-order valence-corrected chi connectivity index (χ3v) is 3.97. The summed E-state index contributed by atoms with van der Waals surface area (Å²) < 4.78 is 0. The Balaban J connectivity index is 0.00000200. The van der Waals surface area contributed by atoms with Crippen LogP contribution in [0.4, 0.5) is 5.69 Å². The molecule has 2 rings (SSSR count). The third-order valence-electron chi connectivity index (χ3n) is 3.97. The number of nitrogens with zero attached hydrogens (tertiary/aromatic N) is 2. The van der Waals surface area contributed by atoms with Gasteiger partial charge in [-0.1, -0.05) is 12.1 Å². The molecule has 112 valence electrons. The monoisotopic (exact) mass is 299 g/mol. The molecular weight excluding hydrogens is 278 g/mol. The maximum absolute atomic E-state index is 10.9. The summed E-state index contributed by atoms with van der Waals surface area (Å²) in [5, 5.41) is 14.3. The molecule has 0 spiro atoms. The van der Waals surface area contributed by atoms with Crippen LogP contribution in [0.25, 0.3) is 0 Å². The lowest BCUT2D eigenvalue weighted by Gasteiger charge is -2.31. The Morgan fingerprint density at radius 3 is 2.65 bits per heavy atom. The van der Waals surface area contributed by atoms with Gasteiger partial charge in [-0.3, -0.25) is 15.0 Å². The standard InChI is InChI=1S/C14H21N3O2.ClH/c1-11-12(4-3-5-14(11)17(18)19)10-16(2)13-6-8-15-9-7-13;/h3-5,13,15H,6-10H2,1-2H3;1H. The molecule has 0 amide bonds. The Hall–Kier alpha value is -1.17. The second-order valence-corrected chi connectivity index (χ2v) is 5.21. The molecule has 1 N–H and O–H groups in total. The number of nitrogens with one attached hydrogen (secondary N) is 1. The zero-order chi connectivity index (χ0) is 13.8. The van der Waals surface area contributed by atoms with E-state index in [1.807, 2.05) is 13.0 Å². The van der Waals surface area contributed by atoms with Gasteiger partial charge in [0, 0.05) is 24.2 Å². The lowest BCUT2D eigenvalue weighted by molar-refractivity contribution is -0.385. The number of nitro benzene ring substituents is 1. The second-order valence-electron chi connectivity index (χ2n) is 5.21. The quantitative estimate of drug-likeness (QED) is 0.685. The minimum atomic E-state index is -0.302. The first-order valence-electron chi connectivity index (χ1n) is 6.73. The fourth-order valence-electron chi connectivity index (χ4n) is 2.68. The Morgan fingerprint density at radius 2 is 2.05 bits per heavy atom. The summed E-state index contributed by atoms with van der Waals surface area (Å²) in [6, 6.07) is 5.90. The molecule has 1 aliphatic heterocycles. The molecule has 5 nitrogen and oxygen atoms in total. The van der Waals surface area contributed by atoms with Crippen LogP contribution in [0.1, 0.15) is 24.0 Å². The topological polar surface area (TPSA) is 58.4 Å². The maximum Gasteiger partial charge on any atom is 0.272 e. The lowest BCUT2D eigenvalue weighted by atomic mass is 10.0. The highest BCUT2D eigenvalue weighted by atomic mass is 35.5. The van der Waals surface area contributed by atoms with Gasteiger partial charge in [0.25, 0.3) is 5.69 Å². The number of rotatable bonds is 4. The van der Waals surface area contributed by atoms with Gasteiger partial charge in [-0.15, -0.1) is 12.4 Å². The predicted molar refractivity (Wildman–Crippen MR) is 82.4 cm³/mol. The molecule has 1 aliphatic rings. The van der Waals surface area contributed by atoms with E-state index in [-0.39, 0.29) is 23.0 Å². The van der Waals surface area contributed by atoms with Gasteiger partial charge in [0.15, 0.2) is 0 Å². The first-order valence-corrected chi connectivity index (χ1v) is 6.73. The summed E-state index contributed by atoms with van der Waals surface area (Å²) in [6.07, 6.45) is 2.29. The van der Waals surface area contributed by atoms with E-state index in [9.17, 15) is 10.1 Å². The van der Waals surface area contributed by atoms with Gasteiger partial charge >= 0.3 is 0 Å². The van der Waals surface area contributed by atoms with E-state index in [1.165, 1.54) is 0 Å². The molecule has 1 fully saturated rings. The summed E-state index contributed by atoms with van der Waals surface area (Å²) in [4.78, 5) is 13.0. The van der Waals surface area contributed by atoms with Crippen molar-refractivity contribution < 1.29 is 4.92 Å². The molecule has 1 aromatic rings. The number of hydrogen-bond donors (Lipinski definition) is 1. The molecule has 0 unspecified atom stereocenters. The molecule has 0 aliphatic carbocycles. The van der Waals surface area contributed by atoms with Gasteiger partial charge in [-0.05, 0) is 45.5 Å². The molecule has 0 aromatic heterocycles. The van der Waals surface area contributed by atoms with Crippen LogP contribution >= 0.6 is 12.4 Å². The number of benzene rings is 1. The highest BCUT2D eigenvalue weighted by Gasteiger charge is 2.20. The molecule has 0 bridgehead atoms. The van der Waals surface area contributed by atoms with Crippen LogP contribution in [0.5, 0.6) is 0 Å². The van der Waals surface area contributed by atoms with Crippen molar-refractivity contribution in [1.29, 1.82) is 0 Å². The summed E-state index contributed by atoms with van der Waals surface area (Å²) >= 11 is 0. The summed E-state index contributed by atoms with van der Waals surface area (Å²) in [7, 11) is 2.11. The maximum atomic E-state index is 10.9. The molecule has 0 radical (unpaired) electrons. The van der Waals surface area contributed by atoms with E-state index < -0.39 is 0 Å². The molecule has 1 aromatic carbocycles. The molecule has 1 heterocycles. The van der Waals surface area contributed by atoms with Crippen LogP contribution in [-0.4, -0.2) is 36.0 Å². The number of hydrogen-bond acceptors (Lipinski definition) is 4. The van der Waals surface area contributed by atoms with Crippen LogP contribution < -0.4 is 5.32 Å². The van der Waals surface area contributed by atoms with Crippen molar-refractivity contribution >= 4 is 18.1 Å². The largest absolute Gasteiger partial charge is 0.317 e. The fraction of sp³-hybridized carbons (Fsp3) is 0.571. The van der Waals surface area contributed by atoms with E-state index in [1.54, 1.807) is 12.1 Å². The smallest absolute Gasteiger partial charge is 0.272 e. The average Bonchev–Trinajstić information content (AvgIpc) is 2.41. The molecule has 20 heavy (non-hydrogen) atoms. The molecule has 0 saturated carbocycles. The Morgan fingerprint density at radius 1 is 1.40 bits per heavy atom. The van der Waals surface area contributed by atoms with Gasteiger partial charge < -0.3 is 5.32 Å².